The van der Waals surface area contributed by atoms with E-state index in [0.29, 0.717) is 12.0 Å². The van der Waals surface area contributed by atoms with E-state index in [4.69, 9.17) is 0 Å². The molecule has 2 aromatic rings. The number of unbranched alkanes of at least 4 members (excludes halogenated alkanes) is 4. The molecule has 41 heavy (non-hydrogen) atoms. The normalized spacial score (nSPS) is 19.4. The predicted octanol–water partition coefficient (Wildman–Crippen LogP) is 4.09. The van der Waals surface area contributed by atoms with E-state index in [1.807, 2.05) is 31.2 Å². The van der Waals surface area contributed by atoms with Gasteiger partial charge in [-0.05, 0) is 36.6 Å². The van der Waals surface area contributed by atoms with Gasteiger partial charge in [-0.15, -0.1) is 0 Å². The van der Waals surface area contributed by atoms with E-state index in [1.165, 1.54) is 22.0 Å². The minimum Gasteiger partial charge on any atom is -0.481 e. The van der Waals surface area contributed by atoms with Crippen molar-refractivity contribution >= 4 is 23.7 Å². The number of carbonyl (C=O) groups excluding carboxylic acids is 3. The Kier molecular flexibility index (Phi) is 10.1. The van der Waals surface area contributed by atoms with Crippen LogP contribution in [0.15, 0.2) is 48.5 Å². The molecule has 220 valence electrons. The molecule has 0 spiro atoms. The summed E-state index contributed by atoms with van der Waals surface area (Å²) in [5, 5.41) is 12.8. The van der Waals surface area contributed by atoms with Crippen molar-refractivity contribution in [2.75, 3.05) is 13.1 Å². The van der Waals surface area contributed by atoms with E-state index in [1.54, 1.807) is 22.0 Å². The number of carboxylic acid groups (broad SMARTS) is 1. The van der Waals surface area contributed by atoms with Gasteiger partial charge in [-0.1, -0.05) is 74.6 Å². The molecule has 2 aliphatic rings. The number of aliphatic carboxylic acids is 1. The van der Waals surface area contributed by atoms with E-state index in [-0.39, 0.29) is 38.5 Å². The van der Waals surface area contributed by atoms with Crippen LogP contribution in [-0.4, -0.2) is 73.9 Å². The van der Waals surface area contributed by atoms with Crippen molar-refractivity contribution in [1.29, 1.82) is 0 Å². The van der Waals surface area contributed by atoms with Gasteiger partial charge in [0, 0.05) is 19.5 Å². The van der Waals surface area contributed by atoms with Gasteiger partial charge >= 0.3 is 5.97 Å². The highest BCUT2D eigenvalue weighted by atomic mass is 19.1. The van der Waals surface area contributed by atoms with Crippen molar-refractivity contribution < 1.29 is 28.7 Å². The summed E-state index contributed by atoms with van der Waals surface area (Å²) in [4.78, 5) is 55.7. The third-order valence-corrected chi connectivity index (χ3v) is 7.66. The van der Waals surface area contributed by atoms with Crippen LogP contribution in [0.2, 0.25) is 0 Å². The van der Waals surface area contributed by atoms with Crippen LogP contribution in [-0.2, 0) is 32.3 Å². The lowest BCUT2D eigenvalue weighted by Crippen LogP contribution is -2.75. The topological polar surface area (TPSA) is 101 Å². The maximum atomic E-state index is 14.0. The van der Waals surface area contributed by atoms with E-state index in [2.05, 4.69) is 6.92 Å². The molecule has 0 bridgehead atoms. The maximum absolute atomic E-state index is 14.0. The van der Waals surface area contributed by atoms with Crippen LogP contribution < -0.4 is 0 Å². The summed E-state index contributed by atoms with van der Waals surface area (Å²) < 4.78 is 14.0. The molecule has 0 saturated carbocycles. The molecule has 3 amide bonds. The molecule has 0 aromatic heterocycles. The molecule has 1 N–H and O–H groups in total. The summed E-state index contributed by atoms with van der Waals surface area (Å²) in [5.74, 6) is -2.73. The number of piperazine rings is 1. The molecule has 0 aliphatic carbocycles. The van der Waals surface area contributed by atoms with Crippen LogP contribution >= 0.6 is 0 Å². The van der Waals surface area contributed by atoms with Gasteiger partial charge in [0.15, 0.2) is 0 Å². The van der Waals surface area contributed by atoms with Gasteiger partial charge in [0.05, 0.1) is 19.5 Å². The summed E-state index contributed by atoms with van der Waals surface area (Å²) in [6, 6.07) is 12.4. The molecule has 2 atom stereocenters. The van der Waals surface area contributed by atoms with Crippen LogP contribution in [0.3, 0.4) is 0 Å². The second-order valence-electron chi connectivity index (χ2n) is 11.0. The van der Waals surface area contributed by atoms with Gasteiger partial charge in [0.1, 0.15) is 18.0 Å². The number of hydrogen-bond donors (Lipinski definition) is 1. The third kappa shape index (κ3) is 7.49. The van der Waals surface area contributed by atoms with Crippen molar-refractivity contribution in [3.05, 3.63) is 71.0 Å². The van der Waals surface area contributed by atoms with Crippen molar-refractivity contribution in [3.8, 4) is 0 Å². The van der Waals surface area contributed by atoms with E-state index in [0.717, 1.165) is 36.8 Å². The Labute approximate surface area is 240 Å². The Morgan fingerprint density at radius 3 is 2.37 bits per heavy atom. The molecule has 0 unspecified atom stereocenters. The SMILES string of the molecule is CCCCCCCC(=O)N1[C@H]2CN(Cc3cccc(C)c3)C(=O)[C@H](CC(=O)O)N2C(=O)CN1Cc1cccc(F)c1. The molecule has 9 nitrogen and oxygen atoms in total. The summed E-state index contributed by atoms with van der Waals surface area (Å²) >= 11 is 0. The zero-order chi connectivity index (χ0) is 29.5. The summed E-state index contributed by atoms with van der Waals surface area (Å²) in [6.45, 7) is 4.21. The van der Waals surface area contributed by atoms with Crippen molar-refractivity contribution in [3.63, 3.8) is 0 Å². The first-order valence-corrected chi connectivity index (χ1v) is 14.4. The second-order valence-corrected chi connectivity index (χ2v) is 11.0. The Morgan fingerprint density at radius 2 is 1.68 bits per heavy atom. The minimum absolute atomic E-state index is 0.0376. The van der Waals surface area contributed by atoms with Crippen LogP contribution in [0.1, 0.15) is 68.6 Å². The highest BCUT2D eigenvalue weighted by molar-refractivity contribution is 5.93. The summed E-state index contributed by atoms with van der Waals surface area (Å²) in [7, 11) is 0. The van der Waals surface area contributed by atoms with Gasteiger partial charge in [-0.25, -0.2) is 14.4 Å². The highest BCUT2D eigenvalue weighted by Crippen LogP contribution is 2.30. The molecule has 2 aromatic carbocycles. The Hall–Kier alpha value is -3.79. The molecule has 2 saturated heterocycles. The minimum atomic E-state index is -1.24. The maximum Gasteiger partial charge on any atom is 0.305 e. The van der Waals surface area contributed by atoms with E-state index in [9.17, 15) is 28.7 Å². The van der Waals surface area contributed by atoms with Crippen LogP contribution in [0.5, 0.6) is 0 Å². The Morgan fingerprint density at radius 1 is 0.976 bits per heavy atom. The van der Waals surface area contributed by atoms with Gasteiger partial charge in [-0.2, -0.15) is 0 Å². The summed E-state index contributed by atoms with van der Waals surface area (Å²) in [5.41, 5.74) is 2.48. The molecule has 2 fully saturated rings. The van der Waals surface area contributed by atoms with Crippen LogP contribution in [0.4, 0.5) is 4.39 Å². The lowest BCUT2D eigenvalue weighted by Gasteiger charge is -2.55. The largest absolute Gasteiger partial charge is 0.481 e. The fraction of sp³-hybridized carbons (Fsp3) is 0.484. The number of hydrazine groups is 1. The monoisotopic (exact) mass is 566 g/mol. The number of nitrogens with zero attached hydrogens (tertiary/aromatic N) is 4. The molecule has 4 rings (SSSR count). The lowest BCUT2D eigenvalue weighted by atomic mass is 10.0. The number of benzene rings is 2. The fourth-order valence-electron chi connectivity index (χ4n) is 5.77. The van der Waals surface area contributed by atoms with Crippen molar-refractivity contribution in [1.82, 2.24) is 19.8 Å². The molecule has 2 heterocycles. The first kappa shape index (κ1) is 30.2. The number of aryl methyl sites for hydroxylation is 1. The summed E-state index contributed by atoms with van der Waals surface area (Å²) in [6.07, 6.45) is 3.56. The molecular weight excluding hydrogens is 527 g/mol. The zero-order valence-corrected chi connectivity index (χ0v) is 23.8. The number of fused-ring (bicyclic) bond motifs is 1. The fourth-order valence-corrected chi connectivity index (χ4v) is 5.77. The average Bonchev–Trinajstić information content (AvgIpc) is 2.90. The van der Waals surface area contributed by atoms with E-state index < -0.39 is 42.2 Å². The van der Waals surface area contributed by atoms with Gasteiger partial charge in [-0.3, -0.25) is 19.2 Å². The zero-order valence-electron chi connectivity index (χ0n) is 23.8. The molecule has 10 heteroatoms. The van der Waals surface area contributed by atoms with Crippen LogP contribution in [0.25, 0.3) is 0 Å². The smallest absolute Gasteiger partial charge is 0.305 e. The van der Waals surface area contributed by atoms with Gasteiger partial charge in [0.25, 0.3) is 0 Å². The first-order chi connectivity index (χ1) is 19.7. The standard InChI is InChI=1S/C31H39FN4O5/c1-3-4-5-6-7-14-28(37)36-27-20-33(18-23-11-8-10-22(2)15-23)31(41)26(17-30(39)40)35(27)29(38)21-34(36)19-24-12-9-13-25(32)16-24/h8-13,15-16,26-27H,3-7,14,17-21H2,1-2H3,(H,39,40)/t26-,27-/m0/s1. The number of carboxylic acids is 1. The molecule has 2 aliphatic heterocycles. The first-order valence-electron chi connectivity index (χ1n) is 14.4. The Balaban J connectivity index is 1.68. The molecular formula is C31H39FN4O5. The average molecular weight is 567 g/mol. The molecule has 0 radical (unpaired) electrons. The van der Waals surface area contributed by atoms with Crippen LogP contribution in [0, 0.1) is 12.7 Å². The number of rotatable bonds is 12. The van der Waals surface area contributed by atoms with Crippen molar-refractivity contribution in [2.24, 2.45) is 0 Å². The number of halogens is 1. The van der Waals surface area contributed by atoms with E-state index >= 15 is 0 Å². The predicted molar refractivity (Wildman–Crippen MR) is 150 cm³/mol. The second kappa shape index (κ2) is 13.7. The quantitative estimate of drug-likeness (QED) is 0.389. The van der Waals surface area contributed by atoms with Gasteiger partial charge in [0.2, 0.25) is 17.7 Å². The third-order valence-electron chi connectivity index (χ3n) is 7.66. The number of hydrogen-bond acceptors (Lipinski definition) is 5. The van der Waals surface area contributed by atoms with Gasteiger partial charge < -0.3 is 14.9 Å². The lowest BCUT2D eigenvalue weighted by molar-refractivity contribution is -0.209. The highest BCUT2D eigenvalue weighted by Gasteiger charge is 2.51. The number of amides is 3. The van der Waals surface area contributed by atoms with Crippen molar-refractivity contribution in [2.45, 2.75) is 84.1 Å². The Bertz CT molecular complexity index is 1270. The number of carbonyl (C=O) groups is 4.